The molecular weight excluding hydrogens is 232 g/mol. The van der Waals surface area contributed by atoms with Gasteiger partial charge < -0.3 is 9.47 Å². The lowest BCUT2D eigenvalue weighted by atomic mass is 9.95. The molecule has 0 bridgehead atoms. The van der Waals surface area contributed by atoms with Gasteiger partial charge in [-0.1, -0.05) is 24.3 Å². The Morgan fingerprint density at radius 1 is 1.39 bits per heavy atom. The van der Waals surface area contributed by atoms with Gasteiger partial charge in [0, 0.05) is 6.42 Å². The molecule has 0 N–H and O–H groups in total. The number of hydrogen-bond donors (Lipinski definition) is 0. The van der Waals surface area contributed by atoms with Crippen LogP contribution in [0.2, 0.25) is 0 Å². The van der Waals surface area contributed by atoms with E-state index in [2.05, 4.69) is 4.74 Å². The summed E-state index contributed by atoms with van der Waals surface area (Å²) in [4.78, 5) is 23.0. The maximum Gasteiger partial charge on any atom is 0.374 e. The van der Waals surface area contributed by atoms with Gasteiger partial charge in [0.2, 0.25) is 5.78 Å². The molecule has 1 heterocycles. The number of carbonyl (C=O) groups excluding carboxylic acids is 2. The van der Waals surface area contributed by atoms with E-state index < -0.39 is 11.8 Å². The molecule has 4 nitrogen and oxygen atoms in total. The van der Waals surface area contributed by atoms with Crippen molar-refractivity contribution >= 4 is 11.8 Å². The van der Waals surface area contributed by atoms with Crippen molar-refractivity contribution in [3.8, 4) is 0 Å². The summed E-state index contributed by atoms with van der Waals surface area (Å²) in [5.41, 5.74) is 2.19. The van der Waals surface area contributed by atoms with E-state index >= 15 is 0 Å². The normalized spacial score (nSPS) is 17.9. The molecule has 1 aliphatic heterocycles. The third-order valence-corrected chi connectivity index (χ3v) is 2.97. The summed E-state index contributed by atoms with van der Waals surface area (Å²) in [5, 5.41) is 0. The number of fused-ring (bicyclic) bond motifs is 1. The van der Waals surface area contributed by atoms with Crippen LogP contribution < -0.4 is 0 Å². The highest BCUT2D eigenvalue weighted by Gasteiger charge is 2.26. The highest BCUT2D eigenvalue weighted by Crippen LogP contribution is 2.29. The van der Waals surface area contributed by atoms with Crippen LogP contribution in [-0.4, -0.2) is 25.0 Å². The van der Waals surface area contributed by atoms with E-state index in [9.17, 15) is 9.59 Å². The summed E-state index contributed by atoms with van der Waals surface area (Å²) in [6.07, 6.45) is 0.572. The Bertz CT molecular complexity index is 453. The Morgan fingerprint density at radius 2 is 2.17 bits per heavy atom. The maximum absolute atomic E-state index is 11.7. The Labute approximate surface area is 106 Å². The number of carbonyl (C=O) groups is 2. The predicted molar refractivity (Wildman–Crippen MR) is 65.1 cm³/mol. The zero-order valence-electron chi connectivity index (χ0n) is 10.3. The van der Waals surface area contributed by atoms with Crippen LogP contribution >= 0.6 is 0 Å². The molecule has 0 radical (unpaired) electrons. The molecule has 0 fully saturated rings. The van der Waals surface area contributed by atoms with Gasteiger partial charge in [-0.05, 0) is 24.5 Å². The van der Waals surface area contributed by atoms with Gasteiger partial charge in [-0.3, -0.25) is 4.79 Å². The predicted octanol–water partition coefficient (Wildman–Crippen LogP) is 1.82. The third kappa shape index (κ3) is 2.76. The molecule has 0 saturated heterocycles. The van der Waals surface area contributed by atoms with Gasteiger partial charge in [0.15, 0.2) is 0 Å². The largest absolute Gasteiger partial charge is 0.460 e. The lowest BCUT2D eigenvalue weighted by Gasteiger charge is -2.25. The standard InChI is InChI=1S/C14H16O4/c1-2-17-14(16)12(15)9-13-11-6-4-3-5-10(11)7-8-18-13/h3-6,13H,2,7-9H2,1H3. The maximum atomic E-state index is 11.7. The van der Waals surface area contributed by atoms with Crippen LogP contribution in [0.1, 0.15) is 30.6 Å². The van der Waals surface area contributed by atoms with Crippen LogP contribution in [0.15, 0.2) is 24.3 Å². The summed E-state index contributed by atoms with van der Waals surface area (Å²) in [6, 6.07) is 7.85. The Hall–Kier alpha value is -1.68. The van der Waals surface area contributed by atoms with E-state index in [1.165, 1.54) is 5.56 Å². The number of ether oxygens (including phenoxy) is 2. The first-order valence-electron chi connectivity index (χ1n) is 6.11. The summed E-state index contributed by atoms with van der Waals surface area (Å²) in [7, 11) is 0. The lowest BCUT2D eigenvalue weighted by Crippen LogP contribution is -2.24. The smallest absolute Gasteiger partial charge is 0.374 e. The second-order valence-electron chi connectivity index (χ2n) is 4.16. The van der Waals surface area contributed by atoms with Gasteiger partial charge >= 0.3 is 5.97 Å². The second-order valence-corrected chi connectivity index (χ2v) is 4.16. The average molecular weight is 248 g/mol. The first kappa shape index (κ1) is 12.8. The van der Waals surface area contributed by atoms with E-state index in [1.54, 1.807) is 6.92 Å². The van der Waals surface area contributed by atoms with Gasteiger partial charge in [-0.15, -0.1) is 0 Å². The van der Waals surface area contributed by atoms with Crippen molar-refractivity contribution in [2.24, 2.45) is 0 Å². The number of rotatable bonds is 4. The fourth-order valence-corrected chi connectivity index (χ4v) is 2.11. The second kappa shape index (κ2) is 5.78. The molecule has 0 spiro atoms. The van der Waals surface area contributed by atoms with Crippen LogP contribution in [0.5, 0.6) is 0 Å². The van der Waals surface area contributed by atoms with Crippen molar-refractivity contribution in [2.75, 3.05) is 13.2 Å². The van der Waals surface area contributed by atoms with Crippen LogP contribution in [0.3, 0.4) is 0 Å². The fraction of sp³-hybridized carbons (Fsp3) is 0.429. The summed E-state index contributed by atoms with van der Waals surface area (Å²) < 4.78 is 10.3. The van der Waals surface area contributed by atoms with Crippen molar-refractivity contribution in [1.82, 2.24) is 0 Å². The van der Waals surface area contributed by atoms with E-state index in [4.69, 9.17) is 4.74 Å². The summed E-state index contributed by atoms with van der Waals surface area (Å²) in [6.45, 7) is 2.47. The third-order valence-electron chi connectivity index (χ3n) is 2.97. The molecule has 4 heteroatoms. The number of esters is 1. The van der Waals surface area contributed by atoms with Crippen molar-refractivity contribution in [3.05, 3.63) is 35.4 Å². The van der Waals surface area contributed by atoms with Gasteiger partial charge in [0.05, 0.1) is 19.3 Å². The van der Waals surface area contributed by atoms with Crippen molar-refractivity contribution in [1.29, 1.82) is 0 Å². The van der Waals surface area contributed by atoms with Crippen LogP contribution in [-0.2, 0) is 25.5 Å². The molecule has 1 unspecified atom stereocenters. The lowest BCUT2D eigenvalue weighted by molar-refractivity contribution is -0.154. The molecule has 0 amide bonds. The molecule has 96 valence electrons. The van der Waals surface area contributed by atoms with E-state index in [1.807, 2.05) is 24.3 Å². The number of benzene rings is 1. The van der Waals surface area contributed by atoms with E-state index in [0.717, 1.165) is 12.0 Å². The van der Waals surface area contributed by atoms with E-state index in [0.29, 0.717) is 6.61 Å². The van der Waals surface area contributed by atoms with Crippen LogP contribution in [0.4, 0.5) is 0 Å². The zero-order chi connectivity index (χ0) is 13.0. The van der Waals surface area contributed by atoms with E-state index in [-0.39, 0.29) is 19.1 Å². The Balaban J connectivity index is 2.07. The molecule has 2 rings (SSSR count). The highest BCUT2D eigenvalue weighted by atomic mass is 16.5. The number of ketones is 1. The Morgan fingerprint density at radius 3 is 2.94 bits per heavy atom. The first-order valence-corrected chi connectivity index (χ1v) is 6.11. The molecule has 0 saturated carbocycles. The molecule has 1 aromatic rings. The monoisotopic (exact) mass is 248 g/mol. The van der Waals surface area contributed by atoms with Gasteiger partial charge in [-0.25, -0.2) is 4.79 Å². The minimum atomic E-state index is -0.774. The molecule has 0 aliphatic carbocycles. The van der Waals surface area contributed by atoms with Crippen molar-refractivity contribution < 1.29 is 19.1 Å². The Kier molecular flexibility index (Phi) is 4.10. The van der Waals surface area contributed by atoms with Crippen LogP contribution in [0, 0.1) is 0 Å². The number of hydrogen-bond acceptors (Lipinski definition) is 4. The molecule has 1 aliphatic rings. The van der Waals surface area contributed by atoms with Gasteiger partial charge in [-0.2, -0.15) is 0 Å². The fourth-order valence-electron chi connectivity index (χ4n) is 2.11. The first-order chi connectivity index (χ1) is 8.72. The average Bonchev–Trinajstić information content (AvgIpc) is 2.39. The minimum absolute atomic E-state index is 0.0514. The molecule has 18 heavy (non-hydrogen) atoms. The van der Waals surface area contributed by atoms with Gasteiger partial charge in [0.25, 0.3) is 0 Å². The van der Waals surface area contributed by atoms with Crippen molar-refractivity contribution in [2.45, 2.75) is 25.9 Å². The van der Waals surface area contributed by atoms with Crippen molar-refractivity contribution in [3.63, 3.8) is 0 Å². The van der Waals surface area contributed by atoms with Crippen LogP contribution in [0.25, 0.3) is 0 Å². The quantitative estimate of drug-likeness (QED) is 0.602. The highest BCUT2D eigenvalue weighted by molar-refractivity contribution is 6.33. The number of Topliss-reactive ketones (excluding diaryl/α,β-unsaturated/α-hetero) is 1. The molecule has 1 aromatic carbocycles. The zero-order valence-corrected chi connectivity index (χ0v) is 10.3. The summed E-state index contributed by atoms with van der Waals surface area (Å²) >= 11 is 0. The molecule has 1 atom stereocenters. The van der Waals surface area contributed by atoms with Gasteiger partial charge in [0.1, 0.15) is 0 Å². The molecular formula is C14H16O4. The topological polar surface area (TPSA) is 52.6 Å². The minimum Gasteiger partial charge on any atom is -0.460 e. The summed E-state index contributed by atoms with van der Waals surface area (Å²) in [5.74, 6) is -1.30. The molecule has 0 aromatic heterocycles. The SMILES string of the molecule is CCOC(=O)C(=O)CC1OCCc2ccccc21.